The number of hydrogen-bond donors (Lipinski definition) is 2. The number of nitro groups is 1. The SMILES string of the molecule is CSc1ccc(C(=O)NCc2cn[nH]c2C)cc1[N+](=O)[O-]. The van der Waals surface area contributed by atoms with Gasteiger partial charge in [-0.25, -0.2) is 0 Å². The van der Waals surface area contributed by atoms with Crippen molar-refractivity contribution in [1.29, 1.82) is 0 Å². The van der Waals surface area contributed by atoms with Crippen molar-refractivity contribution in [1.82, 2.24) is 15.5 Å². The molecule has 1 amide bonds. The molecular weight excluding hydrogens is 292 g/mol. The molecular formula is C13H14N4O3S. The molecule has 0 atom stereocenters. The molecule has 110 valence electrons. The van der Waals surface area contributed by atoms with Gasteiger partial charge in [-0.05, 0) is 25.3 Å². The Morgan fingerprint density at radius 3 is 2.86 bits per heavy atom. The van der Waals surface area contributed by atoms with Crippen LogP contribution >= 0.6 is 11.8 Å². The number of rotatable bonds is 5. The molecule has 0 aliphatic rings. The number of aryl methyl sites for hydroxylation is 1. The number of benzene rings is 1. The molecule has 2 aromatic rings. The van der Waals surface area contributed by atoms with Crippen LogP contribution in [0.3, 0.4) is 0 Å². The van der Waals surface area contributed by atoms with Crippen LogP contribution in [0.1, 0.15) is 21.6 Å². The maximum Gasteiger partial charge on any atom is 0.283 e. The summed E-state index contributed by atoms with van der Waals surface area (Å²) in [5.41, 5.74) is 1.95. The number of carbonyl (C=O) groups excluding carboxylic acids is 1. The summed E-state index contributed by atoms with van der Waals surface area (Å²) in [4.78, 5) is 23.1. The van der Waals surface area contributed by atoms with Crippen LogP contribution in [0.25, 0.3) is 0 Å². The summed E-state index contributed by atoms with van der Waals surface area (Å²) in [7, 11) is 0. The van der Waals surface area contributed by atoms with Gasteiger partial charge in [0.15, 0.2) is 0 Å². The smallest absolute Gasteiger partial charge is 0.283 e. The molecule has 1 heterocycles. The molecule has 8 heteroatoms. The molecule has 0 radical (unpaired) electrons. The van der Waals surface area contributed by atoms with Crippen LogP contribution in [0.2, 0.25) is 0 Å². The molecule has 0 saturated heterocycles. The number of nitrogens with zero attached hydrogens (tertiary/aromatic N) is 2. The minimum Gasteiger partial charge on any atom is -0.348 e. The Balaban J connectivity index is 2.14. The zero-order valence-electron chi connectivity index (χ0n) is 11.5. The summed E-state index contributed by atoms with van der Waals surface area (Å²) in [6, 6.07) is 4.46. The number of nitro benzene ring substituents is 1. The van der Waals surface area contributed by atoms with Crippen molar-refractivity contribution < 1.29 is 9.72 Å². The van der Waals surface area contributed by atoms with Crippen LogP contribution in [0.4, 0.5) is 5.69 Å². The van der Waals surface area contributed by atoms with Crippen LogP contribution in [0.15, 0.2) is 29.3 Å². The van der Waals surface area contributed by atoms with Crippen molar-refractivity contribution in [2.45, 2.75) is 18.4 Å². The van der Waals surface area contributed by atoms with E-state index in [4.69, 9.17) is 0 Å². The average molecular weight is 306 g/mol. The molecule has 1 aromatic heterocycles. The molecule has 0 spiro atoms. The molecule has 0 bridgehead atoms. The number of aromatic nitrogens is 2. The zero-order valence-corrected chi connectivity index (χ0v) is 12.4. The van der Waals surface area contributed by atoms with Crippen LogP contribution in [0, 0.1) is 17.0 Å². The number of thioether (sulfide) groups is 1. The van der Waals surface area contributed by atoms with Crippen molar-refractivity contribution in [2.24, 2.45) is 0 Å². The van der Waals surface area contributed by atoms with E-state index in [1.165, 1.54) is 17.8 Å². The highest BCUT2D eigenvalue weighted by molar-refractivity contribution is 7.98. The third kappa shape index (κ3) is 3.40. The van der Waals surface area contributed by atoms with Crippen molar-refractivity contribution in [3.8, 4) is 0 Å². The van der Waals surface area contributed by atoms with Gasteiger partial charge < -0.3 is 5.32 Å². The minimum absolute atomic E-state index is 0.0605. The first kappa shape index (κ1) is 15.0. The fourth-order valence-corrected chi connectivity index (χ4v) is 2.35. The zero-order chi connectivity index (χ0) is 15.4. The number of nitrogens with one attached hydrogen (secondary N) is 2. The molecule has 0 aliphatic heterocycles. The van der Waals surface area contributed by atoms with E-state index in [0.29, 0.717) is 11.4 Å². The lowest BCUT2D eigenvalue weighted by Crippen LogP contribution is -2.23. The van der Waals surface area contributed by atoms with Gasteiger partial charge in [-0.15, -0.1) is 11.8 Å². The maximum absolute atomic E-state index is 12.1. The summed E-state index contributed by atoms with van der Waals surface area (Å²) >= 11 is 1.27. The van der Waals surface area contributed by atoms with Crippen LogP contribution in [0.5, 0.6) is 0 Å². The van der Waals surface area contributed by atoms with E-state index in [0.717, 1.165) is 11.3 Å². The quantitative estimate of drug-likeness (QED) is 0.501. The number of amides is 1. The Labute approximate surface area is 125 Å². The second-order valence-corrected chi connectivity index (χ2v) is 5.19. The highest BCUT2D eigenvalue weighted by Crippen LogP contribution is 2.28. The van der Waals surface area contributed by atoms with Gasteiger partial charge in [0.2, 0.25) is 0 Å². The molecule has 7 nitrogen and oxygen atoms in total. The topological polar surface area (TPSA) is 101 Å². The normalized spacial score (nSPS) is 10.4. The Hall–Kier alpha value is -2.35. The average Bonchev–Trinajstić information content (AvgIpc) is 2.89. The van der Waals surface area contributed by atoms with Gasteiger partial charge in [0.05, 0.1) is 16.0 Å². The first-order valence-electron chi connectivity index (χ1n) is 6.12. The Morgan fingerprint density at radius 1 is 1.52 bits per heavy atom. The molecule has 2 N–H and O–H groups in total. The first-order valence-corrected chi connectivity index (χ1v) is 7.35. The third-order valence-corrected chi connectivity index (χ3v) is 3.80. The van der Waals surface area contributed by atoms with Gasteiger partial charge in [0.25, 0.3) is 11.6 Å². The van der Waals surface area contributed by atoms with Gasteiger partial charge >= 0.3 is 0 Å². The summed E-state index contributed by atoms with van der Waals surface area (Å²) in [5.74, 6) is -0.355. The minimum atomic E-state index is -0.483. The maximum atomic E-state index is 12.1. The molecule has 0 saturated carbocycles. The molecule has 1 aromatic carbocycles. The molecule has 0 unspecified atom stereocenters. The second kappa shape index (κ2) is 6.40. The molecule has 21 heavy (non-hydrogen) atoms. The Bertz CT molecular complexity index is 684. The van der Waals surface area contributed by atoms with Crippen molar-refractivity contribution in [3.05, 3.63) is 51.3 Å². The van der Waals surface area contributed by atoms with E-state index in [-0.39, 0.29) is 17.2 Å². The van der Waals surface area contributed by atoms with Crippen LogP contribution in [-0.2, 0) is 6.54 Å². The van der Waals surface area contributed by atoms with Crippen molar-refractivity contribution in [3.63, 3.8) is 0 Å². The van der Waals surface area contributed by atoms with Gasteiger partial charge in [-0.1, -0.05) is 0 Å². The van der Waals surface area contributed by atoms with Gasteiger partial charge in [0.1, 0.15) is 0 Å². The van der Waals surface area contributed by atoms with E-state index in [9.17, 15) is 14.9 Å². The van der Waals surface area contributed by atoms with E-state index in [1.54, 1.807) is 24.6 Å². The number of carbonyl (C=O) groups is 1. The Kier molecular flexibility index (Phi) is 4.59. The predicted octanol–water partition coefficient (Wildman–Crippen LogP) is 2.28. The summed E-state index contributed by atoms with van der Waals surface area (Å²) < 4.78 is 0. The van der Waals surface area contributed by atoms with E-state index in [2.05, 4.69) is 15.5 Å². The summed E-state index contributed by atoms with van der Waals surface area (Å²) in [6.45, 7) is 2.17. The Morgan fingerprint density at radius 2 is 2.29 bits per heavy atom. The molecule has 0 aliphatic carbocycles. The lowest BCUT2D eigenvalue weighted by molar-refractivity contribution is -0.387. The number of aromatic amines is 1. The third-order valence-electron chi connectivity index (χ3n) is 3.01. The fraction of sp³-hybridized carbons (Fsp3) is 0.231. The highest BCUT2D eigenvalue weighted by Gasteiger charge is 2.17. The van der Waals surface area contributed by atoms with Gasteiger partial charge in [0, 0.05) is 29.4 Å². The monoisotopic (exact) mass is 306 g/mol. The van der Waals surface area contributed by atoms with E-state index >= 15 is 0 Å². The van der Waals surface area contributed by atoms with E-state index < -0.39 is 4.92 Å². The lowest BCUT2D eigenvalue weighted by Gasteiger charge is -2.06. The second-order valence-electron chi connectivity index (χ2n) is 4.35. The van der Waals surface area contributed by atoms with Gasteiger partial charge in [-0.2, -0.15) is 5.10 Å². The molecule has 0 fully saturated rings. The van der Waals surface area contributed by atoms with Crippen molar-refractivity contribution in [2.75, 3.05) is 6.26 Å². The van der Waals surface area contributed by atoms with Crippen LogP contribution in [-0.4, -0.2) is 27.3 Å². The summed E-state index contributed by atoms with van der Waals surface area (Å²) in [6.07, 6.45) is 3.39. The van der Waals surface area contributed by atoms with E-state index in [1.807, 2.05) is 6.92 Å². The largest absolute Gasteiger partial charge is 0.348 e. The first-order chi connectivity index (χ1) is 10.0. The standard InChI is InChI=1S/C13H14N4O3S/c1-8-10(7-15-16-8)6-14-13(18)9-3-4-12(21-2)11(5-9)17(19)20/h3-5,7H,6H2,1-2H3,(H,14,18)(H,15,16). The number of H-pyrrole nitrogens is 1. The highest BCUT2D eigenvalue weighted by atomic mass is 32.2. The number of hydrogen-bond acceptors (Lipinski definition) is 5. The van der Waals surface area contributed by atoms with Gasteiger partial charge in [-0.3, -0.25) is 20.0 Å². The van der Waals surface area contributed by atoms with Crippen LogP contribution < -0.4 is 5.32 Å². The van der Waals surface area contributed by atoms with Crippen molar-refractivity contribution >= 4 is 23.4 Å². The predicted molar refractivity (Wildman–Crippen MR) is 79.4 cm³/mol. The lowest BCUT2D eigenvalue weighted by atomic mass is 10.2. The molecule has 2 rings (SSSR count). The fourth-order valence-electron chi connectivity index (χ4n) is 1.81. The summed E-state index contributed by atoms with van der Waals surface area (Å²) in [5, 5.41) is 20.4.